The number of carbonyl (C=O) groups is 1. The third kappa shape index (κ3) is 6.34. The minimum Gasteiger partial charge on any atom is -0.336 e. The van der Waals surface area contributed by atoms with Gasteiger partial charge >= 0.3 is 6.03 Å². The van der Waals surface area contributed by atoms with Gasteiger partial charge in [-0.2, -0.15) is 0 Å². The van der Waals surface area contributed by atoms with E-state index in [1.54, 1.807) is 0 Å². The van der Waals surface area contributed by atoms with E-state index in [2.05, 4.69) is 111 Å². The average molecular weight is 501 g/mol. The third-order valence-electron chi connectivity index (χ3n) is 7.25. The van der Waals surface area contributed by atoms with E-state index in [0.29, 0.717) is 18.4 Å². The Morgan fingerprint density at radius 3 is 2.06 bits per heavy atom. The smallest absolute Gasteiger partial charge is 0.319 e. The summed E-state index contributed by atoms with van der Waals surface area (Å²) >= 11 is 1.96. The summed E-state index contributed by atoms with van der Waals surface area (Å²) in [6.45, 7) is 9.38. The van der Waals surface area contributed by atoms with Gasteiger partial charge < -0.3 is 10.6 Å². The summed E-state index contributed by atoms with van der Waals surface area (Å²) in [4.78, 5) is 14.5. The van der Waals surface area contributed by atoms with Crippen LogP contribution < -0.4 is 10.6 Å². The van der Waals surface area contributed by atoms with Crippen LogP contribution in [0, 0.1) is 0 Å². The molecule has 2 N–H and O–H groups in total. The SMILES string of the molecule is CC(C)c1cccc(C(C)C)c1NC(=O)NCC1(Sc2ccccc2-c2ccccc2)CCCCC1. The zero-order valence-electron chi connectivity index (χ0n) is 22.1. The number of nitrogens with one attached hydrogen (secondary N) is 2. The maximum atomic E-state index is 13.3. The van der Waals surface area contributed by atoms with Crippen molar-refractivity contribution in [3.63, 3.8) is 0 Å². The summed E-state index contributed by atoms with van der Waals surface area (Å²) in [7, 11) is 0. The molecule has 0 saturated heterocycles. The number of hydrogen-bond donors (Lipinski definition) is 2. The molecule has 3 aromatic rings. The van der Waals surface area contributed by atoms with Crippen LogP contribution in [-0.4, -0.2) is 17.3 Å². The van der Waals surface area contributed by atoms with Crippen LogP contribution in [0.1, 0.15) is 82.8 Å². The van der Waals surface area contributed by atoms with E-state index in [-0.39, 0.29) is 10.8 Å². The Kier molecular flexibility index (Phi) is 8.79. The molecule has 4 rings (SSSR count). The van der Waals surface area contributed by atoms with Gasteiger partial charge in [0.05, 0.1) is 0 Å². The third-order valence-corrected chi connectivity index (χ3v) is 8.81. The Bertz CT molecular complexity index is 1120. The Labute approximate surface area is 221 Å². The van der Waals surface area contributed by atoms with Gasteiger partial charge in [0, 0.05) is 21.9 Å². The molecule has 190 valence electrons. The van der Waals surface area contributed by atoms with Gasteiger partial charge in [-0.05, 0) is 53.0 Å². The van der Waals surface area contributed by atoms with Crippen LogP contribution in [0.15, 0.2) is 77.7 Å². The van der Waals surface area contributed by atoms with Crippen molar-refractivity contribution in [2.45, 2.75) is 81.3 Å². The Balaban J connectivity index is 1.53. The van der Waals surface area contributed by atoms with Crippen molar-refractivity contribution < 1.29 is 4.79 Å². The molecule has 1 fully saturated rings. The Morgan fingerprint density at radius 2 is 1.42 bits per heavy atom. The van der Waals surface area contributed by atoms with Crippen molar-refractivity contribution in [3.05, 3.63) is 83.9 Å². The molecule has 0 unspecified atom stereocenters. The van der Waals surface area contributed by atoms with Crippen LogP contribution in [-0.2, 0) is 0 Å². The summed E-state index contributed by atoms with van der Waals surface area (Å²) in [5.41, 5.74) is 5.86. The molecule has 1 aliphatic carbocycles. The molecule has 2 amide bonds. The monoisotopic (exact) mass is 500 g/mol. The summed E-state index contributed by atoms with van der Waals surface area (Å²) in [5, 5.41) is 6.52. The van der Waals surface area contributed by atoms with Gasteiger partial charge in [-0.25, -0.2) is 4.79 Å². The van der Waals surface area contributed by atoms with Crippen LogP contribution in [0.2, 0.25) is 0 Å². The predicted octanol–water partition coefficient (Wildman–Crippen LogP) is 9.22. The van der Waals surface area contributed by atoms with Gasteiger partial charge in [0.15, 0.2) is 0 Å². The van der Waals surface area contributed by atoms with E-state index < -0.39 is 0 Å². The summed E-state index contributed by atoms with van der Waals surface area (Å²) < 4.78 is -0.00107. The number of benzene rings is 3. The van der Waals surface area contributed by atoms with E-state index in [9.17, 15) is 4.79 Å². The van der Waals surface area contributed by atoms with E-state index >= 15 is 0 Å². The van der Waals surface area contributed by atoms with Crippen LogP contribution >= 0.6 is 11.8 Å². The zero-order valence-corrected chi connectivity index (χ0v) is 23.0. The van der Waals surface area contributed by atoms with Crippen LogP contribution in [0.5, 0.6) is 0 Å². The second-order valence-electron chi connectivity index (χ2n) is 10.6. The van der Waals surface area contributed by atoms with E-state index in [1.807, 2.05) is 11.8 Å². The lowest BCUT2D eigenvalue weighted by atomic mass is 9.88. The van der Waals surface area contributed by atoms with Crippen LogP contribution in [0.25, 0.3) is 11.1 Å². The number of hydrogen-bond acceptors (Lipinski definition) is 2. The standard InChI is InChI=1S/C32H40N2OS/c1-23(2)26-17-13-18-27(24(3)4)30(26)34-31(35)33-22-32(20-11-6-12-21-32)36-29-19-10-9-16-28(29)25-14-7-5-8-15-25/h5,7-10,13-19,23-24H,6,11-12,20-22H2,1-4H3,(H2,33,34,35). The number of rotatable bonds is 8. The molecule has 0 bridgehead atoms. The first-order chi connectivity index (χ1) is 17.4. The number of amides is 2. The van der Waals surface area contributed by atoms with Gasteiger partial charge in [-0.1, -0.05) is 114 Å². The van der Waals surface area contributed by atoms with Crippen LogP contribution in [0.3, 0.4) is 0 Å². The predicted molar refractivity (Wildman–Crippen MR) is 155 cm³/mol. The lowest BCUT2D eigenvalue weighted by Gasteiger charge is -2.37. The van der Waals surface area contributed by atoms with Crippen molar-refractivity contribution >= 4 is 23.5 Å². The molecular weight excluding hydrogens is 460 g/mol. The minimum atomic E-state index is -0.105. The number of carbonyl (C=O) groups excluding carboxylic acids is 1. The van der Waals surface area contributed by atoms with Gasteiger partial charge in [0.1, 0.15) is 0 Å². The first kappa shape index (κ1) is 26.3. The molecule has 36 heavy (non-hydrogen) atoms. The average Bonchev–Trinajstić information content (AvgIpc) is 2.89. The maximum Gasteiger partial charge on any atom is 0.319 e. The first-order valence-corrected chi connectivity index (χ1v) is 14.2. The quantitative estimate of drug-likeness (QED) is 0.324. The normalized spacial score (nSPS) is 15.2. The molecular formula is C32H40N2OS. The van der Waals surface area contributed by atoms with Crippen molar-refractivity contribution in [3.8, 4) is 11.1 Å². The molecule has 0 atom stereocenters. The van der Waals surface area contributed by atoms with E-state index in [0.717, 1.165) is 18.5 Å². The molecule has 3 nitrogen and oxygen atoms in total. The van der Waals surface area contributed by atoms with Crippen molar-refractivity contribution in [2.24, 2.45) is 0 Å². The fourth-order valence-corrected chi connectivity index (χ4v) is 6.80. The number of urea groups is 1. The lowest BCUT2D eigenvalue weighted by molar-refractivity contribution is 0.249. The Morgan fingerprint density at radius 1 is 0.806 bits per heavy atom. The molecule has 1 aliphatic rings. The first-order valence-electron chi connectivity index (χ1n) is 13.4. The topological polar surface area (TPSA) is 41.1 Å². The highest BCUT2D eigenvalue weighted by Gasteiger charge is 2.34. The highest BCUT2D eigenvalue weighted by Crippen LogP contribution is 2.46. The fraction of sp³-hybridized carbons (Fsp3) is 0.406. The van der Waals surface area contributed by atoms with Gasteiger partial charge in [-0.15, -0.1) is 11.8 Å². The minimum absolute atomic E-state index is 0.00107. The highest BCUT2D eigenvalue weighted by molar-refractivity contribution is 8.00. The van der Waals surface area contributed by atoms with Crippen molar-refractivity contribution in [2.75, 3.05) is 11.9 Å². The molecule has 0 radical (unpaired) electrons. The van der Waals surface area contributed by atoms with Crippen molar-refractivity contribution in [1.82, 2.24) is 5.32 Å². The molecule has 0 spiro atoms. The molecule has 0 heterocycles. The van der Waals surface area contributed by atoms with Crippen LogP contribution in [0.4, 0.5) is 10.5 Å². The second kappa shape index (κ2) is 12.0. The molecule has 0 aliphatic heterocycles. The molecule has 1 saturated carbocycles. The van der Waals surface area contributed by atoms with Gasteiger partial charge in [-0.3, -0.25) is 0 Å². The number of thioether (sulfide) groups is 1. The summed E-state index contributed by atoms with van der Waals surface area (Å²) in [6.07, 6.45) is 5.91. The summed E-state index contributed by atoms with van der Waals surface area (Å²) in [6, 6.07) is 25.6. The second-order valence-corrected chi connectivity index (χ2v) is 12.1. The zero-order chi connectivity index (χ0) is 25.5. The number of anilines is 1. The molecule has 3 aromatic carbocycles. The molecule has 0 aromatic heterocycles. The summed E-state index contributed by atoms with van der Waals surface area (Å²) in [5.74, 6) is 0.683. The van der Waals surface area contributed by atoms with Gasteiger partial charge in [0.2, 0.25) is 0 Å². The van der Waals surface area contributed by atoms with E-state index in [1.165, 1.54) is 46.4 Å². The van der Waals surface area contributed by atoms with Gasteiger partial charge in [0.25, 0.3) is 0 Å². The Hall–Kier alpha value is -2.72. The van der Waals surface area contributed by atoms with E-state index in [4.69, 9.17) is 0 Å². The maximum absolute atomic E-state index is 13.3. The lowest BCUT2D eigenvalue weighted by Crippen LogP contribution is -2.43. The highest BCUT2D eigenvalue weighted by atomic mass is 32.2. The van der Waals surface area contributed by atoms with Crippen molar-refractivity contribution in [1.29, 1.82) is 0 Å². The fourth-order valence-electron chi connectivity index (χ4n) is 5.25. The largest absolute Gasteiger partial charge is 0.336 e. The molecule has 4 heteroatoms. The number of para-hydroxylation sites is 1.